The third-order valence-corrected chi connectivity index (χ3v) is 5.22. The van der Waals surface area contributed by atoms with Crippen molar-refractivity contribution in [3.05, 3.63) is 59.8 Å². The van der Waals surface area contributed by atoms with Crippen LogP contribution in [0.25, 0.3) is 16.6 Å². The zero-order valence-electron chi connectivity index (χ0n) is 17.9. The number of aromatic nitrogens is 2. The van der Waals surface area contributed by atoms with Crippen molar-refractivity contribution in [1.29, 1.82) is 0 Å². The van der Waals surface area contributed by atoms with E-state index in [4.69, 9.17) is 15.6 Å². The molecule has 2 aromatic carbocycles. The summed E-state index contributed by atoms with van der Waals surface area (Å²) in [5.41, 5.74) is 8.82. The number of aliphatic carboxylic acids is 1. The molecule has 0 unspecified atom stereocenters. The van der Waals surface area contributed by atoms with Gasteiger partial charge >= 0.3 is 12.1 Å². The fourth-order valence-electron chi connectivity index (χ4n) is 3.44. The van der Waals surface area contributed by atoms with E-state index in [-0.39, 0.29) is 0 Å². The molecule has 0 atom stereocenters. The minimum absolute atomic E-state index is 0.454. The van der Waals surface area contributed by atoms with Crippen molar-refractivity contribution in [2.24, 2.45) is 5.73 Å². The van der Waals surface area contributed by atoms with Gasteiger partial charge in [-0.3, -0.25) is 9.69 Å². The van der Waals surface area contributed by atoms with E-state index in [1.165, 1.54) is 5.56 Å². The molecule has 176 valence electrons. The van der Waals surface area contributed by atoms with Crippen molar-refractivity contribution in [2.45, 2.75) is 12.7 Å². The summed E-state index contributed by atoms with van der Waals surface area (Å²) in [6, 6.07) is 13.9. The number of nitrogens with two attached hydrogens (primary N) is 1. The van der Waals surface area contributed by atoms with Gasteiger partial charge in [0.25, 0.3) is 5.91 Å². The van der Waals surface area contributed by atoms with Crippen LogP contribution in [0.4, 0.5) is 13.2 Å². The topological polar surface area (TPSA) is 105 Å². The summed E-state index contributed by atoms with van der Waals surface area (Å²) < 4.78 is 33.6. The third-order valence-electron chi connectivity index (χ3n) is 5.22. The fraction of sp³-hybridized carbons (Fsp3) is 0.318. The first kappa shape index (κ1) is 24.2. The second-order valence-electron chi connectivity index (χ2n) is 7.73. The average Bonchev–Trinajstić information content (AvgIpc) is 3.20. The van der Waals surface area contributed by atoms with E-state index in [1.54, 1.807) is 6.07 Å². The van der Waals surface area contributed by atoms with Gasteiger partial charge in [-0.1, -0.05) is 24.3 Å². The Labute approximate surface area is 188 Å². The highest BCUT2D eigenvalue weighted by Gasteiger charge is 2.38. The highest BCUT2D eigenvalue weighted by atomic mass is 19.4. The van der Waals surface area contributed by atoms with Gasteiger partial charge in [-0.25, -0.2) is 9.48 Å². The Morgan fingerprint density at radius 2 is 1.73 bits per heavy atom. The van der Waals surface area contributed by atoms with Crippen molar-refractivity contribution in [3.8, 4) is 5.69 Å². The maximum absolute atomic E-state index is 11.6. The van der Waals surface area contributed by atoms with Gasteiger partial charge in [0.1, 0.15) is 5.52 Å². The first-order valence-electron chi connectivity index (χ1n) is 10.1. The van der Waals surface area contributed by atoms with E-state index in [0.29, 0.717) is 11.1 Å². The molecule has 1 aromatic heterocycles. The number of fused-ring (bicyclic) bond motifs is 1. The van der Waals surface area contributed by atoms with Gasteiger partial charge in [0.2, 0.25) is 0 Å². The Morgan fingerprint density at radius 3 is 2.33 bits per heavy atom. The highest BCUT2D eigenvalue weighted by Crippen LogP contribution is 2.20. The van der Waals surface area contributed by atoms with Crippen LogP contribution in [0, 0.1) is 0 Å². The second kappa shape index (κ2) is 10.0. The number of carbonyl (C=O) groups excluding carboxylic acids is 1. The number of piperazine rings is 1. The van der Waals surface area contributed by atoms with E-state index < -0.39 is 18.1 Å². The number of amides is 1. The number of primary amides is 1. The SMILES string of the molecule is CN1CCN(Cc2cccc(-n3cc4cccc(C(N)=O)c4n3)c2)CC1.O=C(O)C(F)(F)F. The first-order chi connectivity index (χ1) is 15.5. The molecular weight excluding hydrogens is 439 g/mol. The molecule has 1 saturated heterocycles. The summed E-state index contributed by atoms with van der Waals surface area (Å²) in [5.74, 6) is -3.21. The number of nitrogens with zero attached hydrogens (tertiary/aromatic N) is 4. The minimum Gasteiger partial charge on any atom is -0.475 e. The minimum atomic E-state index is -5.08. The number of likely N-dealkylation sites (N-methyl/N-ethyl adjacent to an activating group) is 1. The van der Waals surface area contributed by atoms with Crippen molar-refractivity contribution in [2.75, 3.05) is 33.2 Å². The fourth-order valence-corrected chi connectivity index (χ4v) is 3.44. The lowest BCUT2D eigenvalue weighted by Crippen LogP contribution is -2.43. The Hall–Kier alpha value is -3.44. The summed E-state index contributed by atoms with van der Waals surface area (Å²) in [6.45, 7) is 5.35. The zero-order chi connectivity index (χ0) is 24.2. The lowest BCUT2D eigenvalue weighted by atomic mass is 10.1. The Kier molecular flexibility index (Phi) is 7.34. The molecule has 1 aliphatic rings. The number of hydrogen-bond acceptors (Lipinski definition) is 5. The van der Waals surface area contributed by atoms with Crippen LogP contribution < -0.4 is 5.73 Å². The zero-order valence-corrected chi connectivity index (χ0v) is 17.9. The van der Waals surface area contributed by atoms with Crippen molar-refractivity contribution in [3.63, 3.8) is 0 Å². The Bertz CT molecular complexity index is 1140. The lowest BCUT2D eigenvalue weighted by molar-refractivity contribution is -0.192. The predicted molar refractivity (Wildman–Crippen MR) is 116 cm³/mol. The smallest absolute Gasteiger partial charge is 0.475 e. The normalized spacial score (nSPS) is 15.2. The highest BCUT2D eigenvalue weighted by molar-refractivity contribution is 6.04. The standard InChI is InChI=1S/C20H23N5O.C2HF3O2/c1-23-8-10-24(11-9-23)13-15-4-2-6-17(12-15)25-14-16-5-3-7-18(20(21)26)19(16)22-25;3-2(4,5)1(6)7/h2-7,12,14H,8-11,13H2,1H3,(H2,21,26);(H,6,7). The van der Waals surface area contributed by atoms with Crippen LogP contribution in [0.15, 0.2) is 48.7 Å². The molecule has 0 saturated carbocycles. The summed E-state index contributed by atoms with van der Waals surface area (Å²) in [5, 5.41) is 12.6. The second-order valence-corrected chi connectivity index (χ2v) is 7.73. The van der Waals surface area contributed by atoms with E-state index >= 15 is 0 Å². The number of rotatable bonds is 4. The number of carboxylic acid groups (broad SMARTS) is 1. The van der Waals surface area contributed by atoms with Crippen LogP contribution in [0.5, 0.6) is 0 Å². The third kappa shape index (κ3) is 6.30. The molecule has 33 heavy (non-hydrogen) atoms. The lowest BCUT2D eigenvalue weighted by Gasteiger charge is -2.32. The molecule has 4 rings (SSSR count). The molecule has 1 fully saturated rings. The summed E-state index contributed by atoms with van der Waals surface area (Å²) in [4.78, 5) is 25.4. The Morgan fingerprint density at radius 1 is 1.09 bits per heavy atom. The number of halogens is 3. The van der Waals surface area contributed by atoms with Gasteiger partial charge in [0.15, 0.2) is 0 Å². The van der Waals surface area contributed by atoms with Crippen molar-refractivity contribution >= 4 is 22.8 Å². The van der Waals surface area contributed by atoms with Gasteiger partial charge in [-0.2, -0.15) is 18.3 Å². The molecule has 8 nitrogen and oxygen atoms in total. The van der Waals surface area contributed by atoms with E-state index in [1.807, 2.05) is 29.1 Å². The molecule has 0 aliphatic carbocycles. The molecule has 1 amide bonds. The molecule has 0 bridgehead atoms. The van der Waals surface area contributed by atoms with Gasteiger partial charge in [0, 0.05) is 44.3 Å². The molecule has 0 radical (unpaired) electrons. The van der Waals surface area contributed by atoms with Crippen molar-refractivity contribution < 1.29 is 27.9 Å². The molecule has 1 aliphatic heterocycles. The maximum Gasteiger partial charge on any atom is 0.490 e. The van der Waals surface area contributed by atoms with Crippen LogP contribution in [0.2, 0.25) is 0 Å². The number of benzene rings is 2. The molecule has 3 N–H and O–H groups in total. The summed E-state index contributed by atoms with van der Waals surface area (Å²) >= 11 is 0. The van der Waals surface area contributed by atoms with Gasteiger partial charge in [-0.05, 0) is 30.8 Å². The van der Waals surface area contributed by atoms with E-state index in [0.717, 1.165) is 43.8 Å². The van der Waals surface area contributed by atoms with E-state index in [9.17, 15) is 18.0 Å². The van der Waals surface area contributed by atoms with Crippen LogP contribution in [-0.4, -0.2) is 76.0 Å². The molecule has 2 heterocycles. The van der Waals surface area contributed by atoms with Gasteiger partial charge in [0.05, 0.1) is 11.3 Å². The predicted octanol–water partition coefficient (Wildman–Crippen LogP) is 2.51. The van der Waals surface area contributed by atoms with Crippen LogP contribution >= 0.6 is 0 Å². The molecular formula is C22H24F3N5O3. The largest absolute Gasteiger partial charge is 0.490 e. The monoisotopic (exact) mass is 463 g/mol. The number of carbonyl (C=O) groups is 2. The van der Waals surface area contributed by atoms with Crippen molar-refractivity contribution in [1.82, 2.24) is 19.6 Å². The molecule has 0 spiro atoms. The number of carboxylic acids is 1. The van der Waals surface area contributed by atoms with Crippen LogP contribution in [-0.2, 0) is 11.3 Å². The van der Waals surface area contributed by atoms with Gasteiger partial charge < -0.3 is 15.7 Å². The van der Waals surface area contributed by atoms with Gasteiger partial charge in [-0.15, -0.1) is 0 Å². The average molecular weight is 463 g/mol. The number of hydrogen-bond donors (Lipinski definition) is 2. The molecule has 11 heteroatoms. The van der Waals surface area contributed by atoms with Crippen LogP contribution in [0.1, 0.15) is 15.9 Å². The Balaban J connectivity index is 0.000000383. The first-order valence-corrected chi connectivity index (χ1v) is 10.1. The maximum atomic E-state index is 11.6. The number of alkyl halides is 3. The van der Waals surface area contributed by atoms with Crippen LogP contribution in [0.3, 0.4) is 0 Å². The summed E-state index contributed by atoms with van der Waals surface area (Å²) in [7, 11) is 2.17. The van der Waals surface area contributed by atoms with E-state index in [2.05, 4.69) is 40.1 Å². The quantitative estimate of drug-likeness (QED) is 0.616. The molecule has 3 aromatic rings. The summed E-state index contributed by atoms with van der Waals surface area (Å²) in [6.07, 6.45) is -3.14.